The number of carboxylic acids is 1. The lowest BCUT2D eigenvalue weighted by molar-refractivity contribution is 0.0695. The van der Waals surface area contributed by atoms with E-state index in [4.69, 9.17) is 5.11 Å². The van der Waals surface area contributed by atoms with Crippen molar-refractivity contribution in [1.29, 1.82) is 0 Å². The molecule has 3 nitrogen and oxygen atoms in total. The second-order valence-electron chi connectivity index (χ2n) is 3.48. The van der Waals surface area contributed by atoms with Crippen LogP contribution < -0.4 is 0 Å². The highest BCUT2D eigenvalue weighted by atomic mass is 16.4. The Morgan fingerprint density at radius 2 is 2.31 bits per heavy atom. The lowest BCUT2D eigenvalue weighted by Crippen LogP contribution is -2.02. The van der Waals surface area contributed by atoms with E-state index in [0.717, 1.165) is 5.56 Å². The first-order valence-electron chi connectivity index (χ1n) is 4.38. The van der Waals surface area contributed by atoms with Crippen LogP contribution in [0.1, 0.15) is 40.4 Å². The van der Waals surface area contributed by atoms with Crippen molar-refractivity contribution in [2.45, 2.75) is 25.7 Å². The van der Waals surface area contributed by atoms with Gasteiger partial charge in [-0.3, -0.25) is 4.98 Å². The van der Waals surface area contributed by atoms with E-state index < -0.39 is 5.97 Å². The molecule has 0 amide bonds. The average molecular weight is 177 g/mol. The zero-order valence-corrected chi connectivity index (χ0v) is 7.45. The van der Waals surface area contributed by atoms with E-state index in [1.54, 1.807) is 19.2 Å². The molecule has 1 aromatic rings. The number of aromatic nitrogens is 1. The van der Waals surface area contributed by atoms with Crippen molar-refractivity contribution < 1.29 is 9.90 Å². The summed E-state index contributed by atoms with van der Waals surface area (Å²) in [6.45, 7) is 1.72. The summed E-state index contributed by atoms with van der Waals surface area (Å²) < 4.78 is 0. The Hall–Kier alpha value is -1.38. The van der Waals surface area contributed by atoms with Gasteiger partial charge in [0.25, 0.3) is 0 Å². The average Bonchev–Trinajstić information content (AvgIpc) is 2.87. The third-order valence-corrected chi connectivity index (χ3v) is 2.39. The largest absolute Gasteiger partial charge is 0.478 e. The smallest absolute Gasteiger partial charge is 0.337 e. The number of hydrogen-bond donors (Lipinski definition) is 1. The van der Waals surface area contributed by atoms with Gasteiger partial charge in [0.05, 0.1) is 11.3 Å². The highest BCUT2D eigenvalue weighted by Crippen LogP contribution is 2.40. The Morgan fingerprint density at radius 3 is 2.85 bits per heavy atom. The van der Waals surface area contributed by atoms with Gasteiger partial charge in [-0.1, -0.05) is 0 Å². The SMILES string of the molecule is Cc1ncc(C2CC2)cc1C(=O)O. The standard InChI is InChI=1S/C10H11NO2/c1-6-9(10(12)13)4-8(5-11-6)7-2-3-7/h4-5,7H,2-3H2,1H3,(H,12,13). The van der Waals surface area contributed by atoms with E-state index in [1.165, 1.54) is 12.8 Å². The molecule has 0 unspecified atom stereocenters. The third-order valence-electron chi connectivity index (χ3n) is 2.39. The fourth-order valence-corrected chi connectivity index (χ4v) is 1.41. The third kappa shape index (κ3) is 1.54. The molecule has 0 atom stereocenters. The Labute approximate surface area is 76.4 Å². The van der Waals surface area contributed by atoms with Crippen LogP contribution in [0.2, 0.25) is 0 Å². The number of nitrogens with zero attached hydrogens (tertiary/aromatic N) is 1. The fraction of sp³-hybridized carbons (Fsp3) is 0.400. The van der Waals surface area contributed by atoms with E-state index in [9.17, 15) is 4.79 Å². The lowest BCUT2D eigenvalue weighted by atomic mass is 10.1. The number of aryl methyl sites for hydroxylation is 1. The maximum atomic E-state index is 10.8. The monoisotopic (exact) mass is 177 g/mol. The predicted molar refractivity (Wildman–Crippen MR) is 47.9 cm³/mol. The molecule has 0 bridgehead atoms. The zero-order valence-electron chi connectivity index (χ0n) is 7.45. The number of hydrogen-bond acceptors (Lipinski definition) is 2. The van der Waals surface area contributed by atoms with Crippen LogP contribution in [-0.4, -0.2) is 16.1 Å². The molecule has 3 heteroatoms. The minimum Gasteiger partial charge on any atom is -0.478 e. The molecule has 1 heterocycles. The number of carboxylic acid groups (broad SMARTS) is 1. The second-order valence-corrected chi connectivity index (χ2v) is 3.48. The quantitative estimate of drug-likeness (QED) is 0.751. The Morgan fingerprint density at radius 1 is 1.62 bits per heavy atom. The van der Waals surface area contributed by atoms with Crippen LogP contribution in [0.25, 0.3) is 0 Å². The maximum absolute atomic E-state index is 10.8. The van der Waals surface area contributed by atoms with Gasteiger partial charge in [-0.05, 0) is 37.3 Å². The van der Waals surface area contributed by atoms with E-state index in [1.807, 2.05) is 0 Å². The van der Waals surface area contributed by atoms with Gasteiger partial charge in [0.2, 0.25) is 0 Å². The molecule has 1 fully saturated rings. The normalized spacial score (nSPS) is 15.8. The van der Waals surface area contributed by atoms with Crippen molar-refractivity contribution in [3.8, 4) is 0 Å². The summed E-state index contributed by atoms with van der Waals surface area (Å²) >= 11 is 0. The molecular formula is C10H11NO2. The molecule has 0 aliphatic heterocycles. The Bertz CT molecular complexity index is 356. The van der Waals surface area contributed by atoms with Gasteiger partial charge < -0.3 is 5.11 Å². The molecule has 1 aromatic heterocycles. The van der Waals surface area contributed by atoms with Crippen LogP contribution in [0.5, 0.6) is 0 Å². The number of pyridine rings is 1. The van der Waals surface area contributed by atoms with Crippen LogP contribution in [0.4, 0.5) is 0 Å². The molecule has 0 radical (unpaired) electrons. The van der Waals surface area contributed by atoms with Crippen LogP contribution in [0, 0.1) is 6.92 Å². The van der Waals surface area contributed by atoms with Gasteiger partial charge in [-0.2, -0.15) is 0 Å². The molecule has 0 spiro atoms. The van der Waals surface area contributed by atoms with Gasteiger partial charge in [0, 0.05) is 6.20 Å². The van der Waals surface area contributed by atoms with Crippen LogP contribution >= 0.6 is 0 Å². The summed E-state index contributed by atoms with van der Waals surface area (Å²) in [4.78, 5) is 14.9. The van der Waals surface area contributed by atoms with Crippen molar-refractivity contribution in [3.05, 3.63) is 29.1 Å². The zero-order chi connectivity index (χ0) is 9.42. The Kier molecular flexibility index (Phi) is 1.79. The first-order valence-corrected chi connectivity index (χ1v) is 4.38. The van der Waals surface area contributed by atoms with Crippen molar-refractivity contribution in [3.63, 3.8) is 0 Å². The summed E-state index contributed by atoms with van der Waals surface area (Å²) in [6, 6.07) is 1.75. The highest BCUT2D eigenvalue weighted by molar-refractivity contribution is 5.88. The predicted octanol–water partition coefficient (Wildman–Crippen LogP) is 1.97. The minimum absolute atomic E-state index is 0.337. The molecule has 1 aliphatic carbocycles. The molecule has 0 saturated heterocycles. The van der Waals surface area contributed by atoms with Gasteiger partial charge in [-0.15, -0.1) is 0 Å². The summed E-state index contributed by atoms with van der Waals surface area (Å²) in [5.41, 5.74) is 2.00. The first kappa shape index (κ1) is 8.23. The highest BCUT2D eigenvalue weighted by Gasteiger charge is 2.25. The molecule has 1 aliphatic rings. The van der Waals surface area contributed by atoms with Crippen molar-refractivity contribution in [1.82, 2.24) is 4.98 Å². The number of aromatic carboxylic acids is 1. The summed E-state index contributed by atoms with van der Waals surface area (Å²) in [5.74, 6) is -0.321. The van der Waals surface area contributed by atoms with E-state index in [0.29, 0.717) is 17.2 Å². The first-order chi connectivity index (χ1) is 6.18. The molecular weight excluding hydrogens is 166 g/mol. The van der Waals surface area contributed by atoms with Gasteiger partial charge >= 0.3 is 5.97 Å². The number of rotatable bonds is 2. The Balaban J connectivity index is 2.41. The van der Waals surface area contributed by atoms with E-state index in [-0.39, 0.29) is 0 Å². The fourth-order valence-electron chi connectivity index (χ4n) is 1.41. The molecule has 1 N–H and O–H groups in total. The van der Waals surface area contributed by atoms with E-state index in [2.05, 4.69) is 4.98 Å². The van der Waals surface area contributed by atoms with Gasteiger partial charge in [0.15, 0.2) is 0 Å². The summed E-state index contributed by atoms with van der Waals surface area (Å²) in [5, 5.41) is 8.85. The molecule has 2 rings (SSSR count). The van der Waals surface area contributed by atoms with Crippen molar-refractivity contribution in [2.24, 2.45) is 0 Å². The van der Waals surface area contributed by atoms with Crippen LogP contribution in [0.15, 0.2) is 12.3 Å². The topological polar surface area (TPSA) is 50.2 Å². The van der Waals surface area contributed by atoms with Crippen LogP contribution in [-0.2, 0) is 0 Å². The summed E-state index contributed by atoms with van der Waals surface area (Å²) in [7, 11) is 0. The van der Waals surface area contributed by atoms with Crippen molar-refractivity contribution >= 4 is 5.97 Å². The number of carbonyl (C=O) groups is 1. The van der Waals surface area contributed by atoms with Crippen LogP contribution in [0.3, 0.4) is 0 Å². The minimum atomic E-state index is -0.882. The maximum Gasteiger partial charge on any atom is 0.337 e. The lowest BCUT2D eigenvalue weighted by Gasteiger charge is -2.02. The van der Waals surface area contributed by atoms with Gasteiger partial charge in [-0.25, -0.2) is 4.79 Å². The van der Waals surface area contributed by atoms with Crippen molar-refractivity contribution in [2.75, 3.05) is 0 Å². The van der Waals surface area contributed by atoms with Gasteiger partial charge in [0.1, 0.15) is 0 Å². The molecule has 0 aromatic carbocycles. The second kappa shape index (κ2) is 2.83. The molecule has 68 valence electrons. The molecule has 13 heavy (non-hydrogen) atoms. The van der Waals surface area contributed by atoms with E-state index >= 15 is 0 Å². The summed E-state index contributed by atoms with van der Waals surface area (Å²) in [6.07, 6.45) is 4.13. The molecule has 1 saturated carbocycles.